The first-order chi connectivity index (χ1) is 11.4. The SMILES string of the molecule is CCCNS(=O)(=O)c1ccc(C(=O)NCc2ccc(F)cc2)cc1. The standard InChI is InChI=1S/C17H19FN2O3S/c1-2-11-20-24(22,23)16-9-5-14(6-10-16)17(21)19-12-13-3-7-15(18)8-4-13/h3-10,20H,2,11-12H2,1H3,(H,19,21). The normalized spacial score (nSPS) is 11.2. The lowest BCUT2D eigenvalue weighted by Gasteiger charge is -2.08. The number of benzene rings is 2. The molecule has 2 rings (SSSR count). The molecule has 0 unspecified atom stereocenters. The summed E-state index contributed by atoms with van der Waals surface area (Å²) in [5, 5.41) is 2.70. The summed E-state index contributed by atoms with van der Waals surface area (Å²) in [6.07, 6.45) is 0.698. The largest absolute Gasteiger partial charge is 0.348 e. The molecule has 0 saturated carbocycles. The zero-order valence-corrected chi connectivity index (χ0v) is 14.1. The van der Waals surface area contributed by atoms with Crippen LogP contribution in [0.15, 0.2) is 53.4 Å². The van der Waals surface area contributed by atoms with Crippen molar-refractivity contribution in [2.75, 3.05) is 6.54 Å². The first-order valence-corrected chi connectivity index (χ1v) is 9.03. The molecule has 0 atom stereocenters. The molecule has 5 nitrogen and oxygen atoms in total. The van der Waals surface area contributed by atoms with Crippen LogP contribution in [-0.2, 0) is 16.6 Å². The topological polar surface area (TPSA) is 75.3 Å². The van der Waals surface area contributed by atoms with Gasteiger partial charge in [-0.2, -0.15) is 0 Å². The van der Waals surface area contributed by atoms with E-state index in [9.17, 15) is 17.6 Å². The van der Waals surface area contributed by atoms with E-state index >= 15 is 0 Å². The summed E-state index contributed by atoms with van der Waals surface area (Å²) < 4.78 is 39.2. The van der Waals surface area contributed by atoms with Crippen LogP contribution in [0.2, 0.25) is 0 Å². The third-order valence-electron chi connectivity index (χ3n) is 3.34. The number of hydrogen-bond donors (Lipinski definition) is 2. The van der Waals surface area contributed by atoms with E-state index in [1.54, 1.807) is 12.1 Å². The van der Waals surface area contributed by atoms with Gasteiger partial charge in [-0.15, -0.1) is 0 Å². The fourth-order valence-corrected chi connectivity index (χ4v) is 3.13. The smallest absolute Gasteiger partial charge is 0.251 e. The minimum absolute atomic E-state index is 0.117. The van der Waals surface area contributed by atoms with E-state index in [1.165, 1.54) is 36.4 Å². The molecular formula is C17H19FN2O3S. The summed E-state index contributed by atoms with van der Waals surface area (Å²) in [5.74, 6) is -0.664. The molecule has 0 aliphatic rings. The molecule has 2 aromatic rings. The maximum Gasteiger partial charge on any atom is 0.251 e. The van der Waals surface area contributed by atoms with Gasteiger partial charge >= 0.3 is 0 Å². The summed E-state index contributed by atoms with van der Waals surface area (Å²) >= 11 is 0. The van der Waals surface area contributed by atoms with E-state index in [1.807, 2.05) is 6.92 Å². The van der Waals surface area contributed by atoms with Gasteiger partial charge in [-0.05, 0) is 48.4 Å². The number of carbonyl (C=O) groups excluding carboxylic acids is 1. The van der Waals surface area contributed by atoms with Gasteiger partial charge in [-0.1, -0.05) is 19.1 Å². The second-order valence-corrected chi connectivity index (χ2v) is 7.00. The summed E-state index contributed by atoms with van der Waals surface area (Å²) in [4.78, 5) is 12.2. The van der Waals surface area contributed by atoms with Crippen LogP contribution < -0.4 is 10.0 Å². The third-order valence-corrected chi connectivity index (χ3v) is 4.81. The van der Waals surface area contributed by atoms with Crippen molar-refractivity contribution in [1.29, 1.82) is 0 Å². The van der Waals surface area contributed by atoms with Crippen LogP contribution in [0.4, 0.5) is 4.39 Å². The summed E-state index contributed by atoms with van der Waals surface area (Å²) in [5.41, 5.74) is 1.12. The van der Waals surface area contributed by atoms with Crippen molar-refractivity contribution in [3.63, 3.8) is 0 Å². The van der Waals surface area contributed by atoms with E-state index in [0.29, 0.717) is 18.5 Å². The van der Waals surface area contributed by atoms with Crippen molar-refractivity contribution in [2.24, 2.45) is 0 Å². The Morgan fingerprint density at radius 2 is 1.67 bits per heavy atom. The lowest BCUT2D eigenvalue weighted by Crippen LogP contribution is -2.25. The van der Waals surface area contributed by atoms with Gasteiger partial charge in [0, 0.05) is 18.7 Å². The van der Waals surface area contributed by atoms with Crippen molar-refractivity contribution in [3.8, 4) is 0 Å². The minimum atomic E-state index is -3.54. The summed E-state index contributed by atoms with van der Waals surface area (Å²) in [7, 11) is -3.54. The van der Waals surface area contributed by atoms with Crippen molar-refractivity contribution < 1.29 is 17.6 Å². The first kappa shape index (κ1) is 18.1. The maximum absolute atomic E-state index is 12.8. The van der Waals surface area contributed by atoms with Gasteiger partial charge in [-0.25, -0.2) is 17.5 Å². The predicted molar refractivity (Wildman–Crippen MR) is 89.5 cm³/mol. The molecule has 0 saturated heterocycles. The number of amides is 1. The molecular weight excluding hydrogens is 331 g/mol. The molecule has 0 heterocycles. The third kappa shape index (κ3) is 4.87. The van der Waals surface area contributed by atoms with Crippen LogP contribution in [0.5, 0.6) is 0 Å². The number of sulfonamides is 1. The molecule has 0 aliphatic carbocycles. The second-order valence-electron chi connectivity index (χ2n) is 5.23. The second kappa shape index (κ2) is 8.03. The Bertz CT molecular complexity index is 788. The minimum Gasteiger partial charge on any atom is -0.348 e. The number of nitrogens with one attached hydrogen (secondary N) is 2. The summed E-state index contributed by atoms with van der Waals surface area (Å²) in [6.45, 7) is 2.50. The monoisotopic (exact) mass is 350 g/mol. The van der Waals surface area contributed by atoms with Gasteiger partial charge in [-0.3, -0.25) is 4.79 Å². The Hall–Kier alpha value is -2.25. The maximum atomic E-state index is 12.8. The average molecular weight is 350 g/mol. The molecule has 24 heavy (non-hydrogen) atoms. The highest BCUT2D eigenvalue weighted by atomic mass is 32.2. The lowest BCUT2D eigenvalue weighted by molar-refractivity contribution is 0.0951. The van der Waals surface area contributed by atoms with Gasteiger partial charge in [0.2, 0.25) is 10.0 Å². The Morgan fingerprint density at radius 3 is 2.25 bits per heavy atom. The molecule has 1 amide bonds. The van der Waals surface area contributed by atoms with Crippen molar-refractivity contribution in [1.82, 2.24) is 10.0 Å². The molecule has 2 aromatic carbocycles. The van der Waals surface area contributed by atoms with Crippen LogP contribution in [0.3, 0.4) is 0 Å². The molecule has 0 aromatic heterocycles. The van der Waals surface area contributed by atoms with E-state index in [4.69, 9.17) is 0 Å². The Labute approximate surface area is 141 Å². The van der Waals surface area contributed by atoms with Gasteiger partial charge in [0.15, 0.2) is 0 Å². The van der Waals surface area contributed by atoms with Gasteiger partial charge in [0.1, 0.15) is 5.82 Å². The highest BCUT2D eigenvalue weighted by Gasteiger charge is 2.14. The fourth-order valence-electron chi connectivity index (χ4n) is 1.99. The van der Waals surface area contributed by atoms with Gasteiger partial charge in [0.25, 0.3) is 5.91 Å². The van der Waals surface area contributed by atoms with Crippen molar-refractivity contribution in [3.05, 3.63) is 65.5 Å². The lowest BCUT2D eigenvalue weighted by atomic mass is 10.2. The van der Waals surface area contributed by atoms with Crippen LogP contribution >= 0.6 is 0 Å². The van der Waals surface area contributed by atoms with Crippen LogP contribution in [0, 0.1) is 5.82 Å². The molecule has 2 N–H and O–H groups in total. The molecule has 128 valence electrons. The highest BCUT2D eigenvalue weighted by molar-refractivity contribution is 7.89. The van der Waals surface area contributed by atoms with E-state index < -0.39 is 10.0 Å². The predicted octanol–water partition coefficient (Wildman–Crippen LogP) is 2.44. The molecule has 0 fully saturated rings. The number of hydrogen-bond acceptors (Lipinski definition) is 3. The van der Waals surface area contributed by atoms with Gasteiger partial charge < -0.3 is 5.32 Å². The summed E-state index contributed by atoms with van der Waals surface area (Å²) in [6, 6.07) is 11.5. The van der Waals surface area contributed by atoms with Crippen LogP contribution in [-0.4, -0.2) is 20.9 Å². The Balaban J connectivity index is 1.99. The number of carbonyl (C=O) groups is 1. The number of rotatable bonds is 7. The molecule has 7 heteroatoms. The van der Waals surface area contributed by atoms with Crippen molar-refractivity contribution >= 4 is 15.9 Å². The number of halogens is 1. The first-order valence-electron chi connectivity index (χ1n) is 7.55. The Kier molecular flexibility index (Phi) is 6.05. The van der Waals surface area contributed by atoms with Crippen LogP contribution in [0.25, 0.3) is 0 Å². The van der Waals surface area contributed by atoms with Crippen molar-refractivity contribution in [2.45, 2.75) is 24.8 Å². The van der Waals surface area contributed by atoms with E-state index in [2.05, 4.69) is 10.0 Å². The Morgan fingerprint density at radius 1 is 1.04 bits per heavy atom. The highest BCUT2D eigenvalue weighted by Crippen LogP contribution is 2.11. The molecule has 0 aliphatic heterocycles. The zero-order chi connectivity index (χ0) is 17.6. The molecule has 0 bridgehead atoms. The zero-order valence-electron chi connectivity index (χ0n) is 13.3. The molecule has 0 spiro atoms. The molecule has 0 radical (unpaired) electrons. The van der Waals surface area contributed by atoms with Crippen LogP contribution in [0.1, 0.15) is 29.3 Å². The van der Waals surface area contributed by atoms with E-state index in [0.717, 1.165) is 5.56 Å². The van der Waals surface area contributed by atoms with Gasteiger partial charge in [0.05, 0.1) is 4.90 Å². The quantitative estimate of drug-likeness (QED) is 0.805. The average Bonchev–Trinajstić information content (AvgIpc) is 2.59. The van der Waals surface area contributed by atoms with E-state index in [-0.39, 0.29) is 23.2 Å². The fraction of sp³-hybridized carbons (Fsp3) is 0.235.